The van der Waals surface area contributed by atoms with Gasteiger partial charge in [0.15, 0.2) is 0 Å². The first-order valence-corrected chi connectivity index (χ1v) is 6.76. The number of hydrogen-bond donors (Lipinski definition) is 1. The van der Waals surface area contributed by atoms with Gasteiger partial charge in [-0.2, -0.15) is 0 Å². The smallest absolute Gasteiger partial charge is 0.0919 e. The molecule has 1 aromatic carbocycles. The molecule has 3 rings (SSSR count). The van der Waals surface area contributed by atoms with Crippen molar-refractivity contribution < 1.29 is 0 Å². The zero-order chi connectivity index (χ0) is 14.2. The summed E-state index contributed by atoms with van der Waals surface area (Å²) in [4.78, 5) is 13.0. The zero-order valence-corrected chi connectivity index (χ0v) is 14.6. The maximum absolute atomic E-state index is 4.40. The van der Waals surface area contributed by atoms with Gasteiger partial charge in [0.05, 0.1) is 18.6 Å². The highest BCUT2D eigenvalue weighted by molar-refractivity contribution is 14.0. The van der Waals surface area contributed by atoms with Gasteiger partial charge in [0.2, 0.25) is 0 Å². The molecule has 2 aromatic rings. The van der Waals surface area contributed by atoms with E-state index in [1.54, 1.807) is 18.7 Å². The first kappa shape index (κ1) is 17.4. The third-order valence-electron chi connectivity index (χ3n) is 2.89. The van der Waals surface area contributed by atoms with Crippen molar-refractivity contribution in [3.05, 3.63) is 60.9 Å². The summed E-state index contributed by atoms with van der Waals surface area (Å²) < 4.78 is 0. The monoisotopic (exact) mass is 396 g/mol. The van der Waals surface area contributed by atoms with Crippen molar-refractivity contribution in [2.24, 2.45) is 10.9 Å². The maximum atomic E-state index is 4.40. The molecule has 0 amide bonds. The normalized spacial score (nSPS) is 13.1. The topological polar surface area (TPSA) is 44.3 Å². The summed E-state index contributed by atoms with van der Waals surface area (Å²) in [5.41, 5.74) is 2.37. The molecule has 0 spiro atoms. The van der Waals surface area contributed by atoms with Gasteiger partial charge in [-0.3, -0.25) is 4.99 Å². The lowest BCUT2D eigenvalue weighted by Gasteiger charge is -2.23. The fourth-order valence-corrected chi connectivity index (χ4v) is 1.79. The van der Waals surface area contributed by atoms with Gasteiger partial charge >= 0.3 is 0 Å². The number of aromatic amines is 1. The van der Waals surface area contributed by atoms with Crippen molar-refractivity contribution in [3.8, 4) is 0 Å². The van der Waals surface area contributed by atoms with E-state index in [4.69, 9.17) is 0 Å². The van der Waals surface area contributed by atoms with E-state index in [-0.39, 0.29) is 24.0 Å². The van der Waals surface area contributed by atoms with E-state index in [9.17, 15) is 0 Å². The number of halogens is 1. The minimum absolute atomic E-state index is 0. The van der Waals surface area contributed by atoms with Gasteiger partial charge in [0, 0.05) is 30.5 Å². The molecule has 2 heterocycles. The quantitative estimate of drug-likeness (QED) is 0.777. The summed E-state index contributed by atoms with van der Waals surface area (Å²) in [6, 6.07) is 10.4. The van der Waals surface area contributed by atoms with Crippen molar-refractivity contribution >= 4 is 35.9 Å². The van der Waals surface area contributed by atoms with Crippen molar-refractivity contribution in [1.82, 2.24) is 9.97 Å². The van der Waals surface area contributed by atoms with Gasteiger partial charge in [-0.1, -0.05) is 32.0 Å². The number of aliphatic imine (C=N–C) groups is 1. The van der Waals surface area contributed by atoms with Crippen LogP contribution >= 0.6 is 24.0 Å². The first-order chi connectivity index (χ1) is 9.77. The van der Waals surface area contributed by atoms with Crippen molar-refractivity contribution in [2.45, 2.75) is 13.8 Å². The van der Waals surface area contributed by atoms with Crippen LogP contribution in [0.5, 0.6) is 0 Å². The number of allylic oxidation sites excluding steroid dienone is 1. The molecule has 1 aliphatic heterocycles. The number of anilines is 1. The van der Waals surface area contributed by atoms with Gasteiger partial charge in [0.25, 0.3) is 0 Å². The minimum atomic E-state index is 0. The second-order valence-corrected chi connectivity index (χ2v) is 4.77. The molecule has 0 unspecified atom stereocenters. The van der Waals surface area contributed by atoms with E-state index in [0.29, 0.717) is 5.92 Å². The van der Waals surface area contributed by atoms with Gasteiger partial charge < -0.3 is 9.88 Å². The molecule has 0 atom stereocenters. The maximum Gasteiger partial charge on any atom is 0.0919 e. The van der Waals surface area contributed by atoms with Crippen LogP contribution in [0.3, 0.4) is 0 Å². The SMILES string of the molecule is CC(C)C1=CN(c2ccccc2)CC=N1.I.c1c[nH]cn1. The summed E-state index contributed by atoms with van der Waals surface area (Å²) in [7, 11) is 0. The van der Waals surface area contributed by atoms with Crippen LogP contribution in [0, 0.1) is 5.92 Å². The number of H-pyrrole nitrogens is 1. The Morgan fingerprint density at radius 1 is 1.19 bits per heavy atom. The molecule has 0 saturated heterocycles. The molecular weight excluding hydrogens is 375 g/mol. The number of aromatic nitrogens is 2. The molecule has 4 nitrogen and oxygen atoms in total. The van der Waals surface area contributed by atoms with Crippen LogP contribution in [0.25, 0.3) is 0 Å². The highest BCUT2D eigenvalue weighted by Gasteiger charge is 2.10. The molecule has 112 valence electrons. The number of hydrogen-bond acceptors (Lipinski definition) is 3. The van der Waals surface area contributed by atoms with Crippen LogP contribution in [0.2, 0.25) is 0 Å². The van der Waals surface area contributed by atoms with Crippen LogP contribution in [-0.4, -0.2) is 22.7 Å². The number of benzene rings is 1. The molecule has 0 bridgehead atoms. The Balaban J connectivity index is 0.000000313. The van der Waals surface area contributed by atoms with Crippen molar-refractivity contribution in [1.29, 1.82) is 0 Å². The fraction of sp³-hybridized carbons (Fsp3) is 0.250. The van der Waals surface area contributed by atoms with Crippen LogP contribution in [0.4, 0.5) is 5.69 Å². The fourth-order valence-electron chi connectivity index (χ4n) is 1.79. The summed E-state index contributed by atoms with van der Waals surface area (Å²) in [6.45, 7) is 5.19. The molecule has 1 aromatic heterocycles. The van der Waals surface area contributed by atoms with Gasteiger partial charge in [-0.25, -0.2) is 4.98 Å². The average molecular weight is 396 g/mol. The third-order valence-corrected chi connectivity index (χ3v) is 2.89. The lowest BCUT2D eigenvalue weighted by molar-refractivity contribution is 0.746. The van der Waals surface area contributed by atoms with E-state index < -0.39 is 0 Å². The Bertz CT molecular complexity index is 530. The average Bonchev–Trinajstić information content (AvgIpc) is 3.08. The summed E-state index contributed by atoms with van der Waals surface area (Å²) in [6.07, 6.45) is 9.20. The second kappa shape index (κ2) is 9.33. The Hall–Kier alpha value is -1.63. The summed E-state index contributed by atoms with van der Waals surface area (Å²) in [5.74, 6) is 0.479. The Kier molecular flexibility index (Phi) is 7.74. The minimum Gasteiger partial charge on any atom is -0.351 e. The lowest BCUT2D eigenvalue weighted by atomic mass is 10.1. The largest absolute Gasteiger partial charge is 0.351 e. The number of para-hydroxylation sites is 1. The summed E-state index contributed by atoms with van der Waals surface area (Å²) in [5, 5.41) is 0. The van der Waals surface area contributed by atoms with Crippen LogP contribution < -0.4 is 4.90 Å². The molecule has 21 heavy (non-hydrogen) atoms. The molecule has 0 radical (unpaired) electrons. The highest BCUT2D eigenvalue weighted by atomic mass is 127. The van der Waals surface area contributed by atoms with E-state index in [0.717, 1.165) is 12.2 Å². The molecule has 0 fully saturated rings. The predicted octanol–water partition coefficient (Wildman–Crippen LogP) is 4.10. The first-order valence-electron chi connectivity index (χ1n) is 6.76. The van der Waals surface area contributed by atoms with Gasteiger partial charge in [-0.15, -0.1) is 24.0 Å². The lowest BCUT2D eigenvalue weighted by Crippen LogP contribution is -2.23. The summed E-state index contributed by atoms with van der Waals surface area (Å²) >= 11 is 0. The van der Waals surface area contributed by atoms with E-state index >= 15 is 0 Å². The van der Waals surface area contributed by atoms with E-state index in [1.807, 2.05) is 12.3 Å². The van der Waals surface area contributed by atoms with Gasteiger partial charge in [-0.05, 0) is 18.1 Å². The van der Waals surface area contributed by atoms with Crippen molar-refractivity contribution in [2.75, 3.05) is 11.4 Å². The molecule has 0 saturated carbocycles. The number of nitrogens with zero attached hydrogens (tertiary/aromatic N) is 3. The number of imidazole rings is 1. The Labute approximate surface area is 143 Å². The molecule has 0 aliphatic carbocycles. The highest BCUT2D eigenvalue weighted by Crippen LogP contribution is 2.20. The zero-order valence-electron chi connectivity index (χ0n) is 12.3. The van der Waals surface area contributed by atoms with E-state index in [1.165, 1.54) is 5.69 Å². The molecule has 5 heteroatoms. The predicted molar refractivity (Wildman–Crippen MR) is 99.2 cm³/mol. The molecular formula is C16H21IN4. The molecule has 1 N–H and O–H groups in total. The number of rotatable bonds is 2. The second-order valence-electron chi connectivity index (χ2n) is 4.77. The Morgan fingerprint density at radius 2 is 1.95 bits per heavy atom. The van der Waals surface area contributed by atoms with Crippen LogP contribution in [0.15, 0.2) is 65.9 Å². The standard InChI is InChI=1S/C13H16N2.C3H4N2.HI/c1-11(2)13-10-15(9-8-14-13)12-6-4-3-5-7-12;1-2-5-3-4-1;/h3-8,10-11H,9H2,1-2H3;1-3H,(H,4,5);1H. The van der Waals surface area contributed by atoms with Crippen LogP contribution in [-0.2, 0) is 0 Å². The van der Waals surface area contributed by atoms with Crippen molar-refractivity contribution in [3.63, 3.8) is 0 Å². The van der Waals surface area contributed by atoms with Crippen LogP contribution in [0.1, 0.15) is 13.8 Å². The van der Waals surface area contributed by atoms with Gasteiger partial charge in [0.1, 0.15) is 0 Å². The third kappa shape index (κ3) is 5.71. The molecule has 1 aliphatic rings. The number of nitrogens with one attached hydrogen (secondary N) is 1. The Morgan fingerprint density at radius 3 is 2.48 bits per heavy atom. The van der Waals surface area contributed by atoms with E-state index in [2.05, 4.69) is 64.2 Å².